The molecule has 3 aliphatic heterocycles. The lowest BCUT2D eigenvalue weighted by Gasteiger charge is -2.43. The van der Waals surface area contributed by atoms with Gasteiger partial charge in [0.05, 0.1) is 22.8 Å². The number of amides is 1. The fourth-order valence-corrected chi connectivity index (χ4v) is 9.73. The molecule has 2 aromatic heterocycles. The van der Waals surface area contributed by atoms with E-state index in [1.165, 1.54) is 6.07 Å². The number of phenols is 1. The number of aromatic amines is 1. The summed E-state index contributed by atoms with van der Waals surface area (Å²) in [5.74, 6) is 0.00640. The number of piperidine rings is 3. The van der Waals surface area contributed by atoms with E-state index in [-0.39, 0.29) is 28.6 Å². The number of nitrogens with one attached hydrogen (secondary N) is 3. The van der Waals surface area contributed by atoms with E-state index in [4.69, 9.17) is 13.6 Å². The van der Waals surface area contributed by atoms with Crippen molar-refractivity contribution in [2.75, 3.05) is 31.5 Å². The fraction of sp³-hybridized carbons (Fsp3) is 0.367. The molecule has 4 N–H and O–H groups in total. The lowest BCUT2D eigenvalue weighted by atomic mass is 9.86. The van der Waals surface area contributed by atoms with Gasteiger partial charge >= 0.3 is 11.8 Å². The third kappa shape index (κ3) is 9.51. The van der Waals surface area contributed by atoms with Gasteiger partial charge in [-0.05, 0) is 109 Å². The first-order valence-corrected chi connectivity index (χ1v) is 24.5. The van der Waals surface area contributed by atoms with Crippen LogP contribution >= 0.6 is 0 Å². The number of aryl methyl sites for hydroxylation is 1. The second-order valence-electron chi connectivity index (χ2n) is 18.2. The predicted molar refractivity (Wildman–Crippen MR) is 248 cm³/mol. The van der Waals surface area contributed by atoms with Crippen molar-refractivity contribution < 1.29 is 23.5 Å². The maximum atomic E-state index is 13.2. The molecule has 6 aromatic rings. The molecule has 12 nitrogen and oxygen atoms in total. The molecule has 2 bridgehead atoms. The van der Waals surface area contributed by atoms with E-state index < -0.39 is 20.2 Å². The topological polar surface area (TPSA) is 151 Å². The number of benzene rings is 4. The van der Waals surface area contributed by atoms with E-state index in [2.05, 4.69) is 54.4 Å². The minimum atomic E-state index is -2.25. The van der Waals surface area contributed by atoms with E-state index in [1.807, 2.05) is 84.9 Å². The highest BCUT2D eigenvalue weighted by Gasteiger charge is 2.40. The Balaban J connectivity index is 0.928. The van der Waals surface area contributed by atoms with Gasteiger partial charge in [0.25, 0.3) is 0 Å². The highest BCUT2D eigenvalue weighted by atomic mass is 28.4. The molecule has 4 aromatic carbocycles. The SMILES string of the molecule is CC(C)(C)[Si](C)(C)O[C@@H](CNCc1ccc2c(c1)oc(=O)n2CC/C=C/c1ccc(-c2ccccc2)c(NC(=O)O[C@H]2CN3CCC2CC3)c1)c1ccc(O)c2[nH]c(=O)ccc12. The predicted octanol–water partition coefficient (Wildman–Crippen LogP) is 9.41. The van der Waals surface area contributed by atoms with Gasteiger partial charge in [-0.1, -0.05) is 87.5 Å². The van der Waals surface area contributed by atoms with E-state index in [1.54, 1.807) is 16.7 Å². The third-order valence-corrected chi connectivity index (χ3v) is 17.4. The van der Waals surface area contributed by atoms with Crippen molar-refractivity contribution in [3.8, 4) is 16.9 Å². The molecule has 1 amide bonds. The molecule has 0 aliphatic carbocycles. The average molecular weight is 856 g/mol. The van der Waals surface area contributed by atoms with Gasteiger partial charge in [0.15, 0.2) is 13.9 Å². The smallest absolute Gasteiger partial charge is 0.419 e. The summed E-state index contributed by atoms with van der Waals surface area (Å²) < 4.78 is 20.3. The molecular weight excluding hydrogens is 799 g/mol. The largest absolute Gasteiger partial charge is 0.506 e. The van der Waals surface area contributed by atoms with E-state index >= 15 is 0 Å². The molecule has 0 unspecified atom stereocenters. The molecule has 9 rings (SSSR count). The number of carbonyl (C=O) groups excluding carboxylic acids is 1. The van der Waals surface area contributed by atoms with Gasteiger partial charge in [0.1, 0.15) is 11.9 Å². The van der Waals surface area contributed by atoms with Crippen LogP contribution in [0.15, 0.2) is 111 Å². The first-order valence-electron chi connectivity index (χ1n) is 21.6. The van der Waals surface area contributed by atoms with Crippen molar-refractivity contribution in [2.45, 2.75) is 83.5 Å². The Morgan fingerprint density at radius 2 is 1.79 bits per heavy atom. The number of aromatic nitrogens is 2. The summed E-state index contributed by atoms with van der Waals surface area (Å²) in [6.45, 7) is 15.3. The van der Waals surface area contributed by atoms with Crippen LogP contribution in [0.1, 0.15) is 62.8 Å². The second kappa shape index (κ2) is 17.9. The first kappa shape index (κ1) is 42.9. The van der Waals surface area contributed by atoms with Crippen LogP contribution in [0, 0.1) is 5.92 Å². The summed E-state index contributed by atoms with van der Waals surface area (Å²) in [4.78, 5) is 43.6. The highest BCUT2D eigenvalue weighted by molar-refractivity contribution is 6.74. The number of aromatic hydroxyl groups is 1. The Hall–Kier alpha value is -5.73. The average Bonchev–Trinajstić information content (AvgIpc) is 3.56. The normalized spacial score (nSPS) is 18.4. The molecule has 5 heterocycles. The van der Waals surface area contributed by atoms with Crippen LogP contribution in [-0.4, -0.2) is 66.3 Å². The number of hydrogen-bond acceptors (Lipinski definition) is 9. The number of phenolic OH excluding ortho intramolecular Hbond substituents is 1. The number of hydrogen-bond donors (Lipinski definition) is 4. The molecule has 0 radical (unpaired) electrons. The fourth-order valence-electron chi connectivity index (χ4n) is 8.45. The van der Waals surface area contributed by atoms with Gasteiger partial charge in [-0.2, -0.15) is 0 Å². The summed E-state index contributed by atoms with van der Waals surface area (Å²) in [5.41, 5.74) is 6.64. The number of H-pyrrole nitrogens is 1. The van der Waals surface area contributed by atoms with Crippen molar-refractivity contribution in [1.29, 1.82) is 0 Å². The van der Waals surface area contributed by atoms with Crippen molar-refractivity contribution in [1.82, 2.24) is 19.8 Å². The van der Waals surface area contributed by atoms with Crippen LogP contribution < -0.4 is 21.9 Å². The molecular formula is C49H57N5O7Si. The van der Waals surface area contributed by atoms with Crippen molar-refractivity contribution in [2.24, 2.45) is 5.92 Å². The van der Waals surface area contributed by atoms with Crippen LogP contribution in [-0.2, 0) is 22.3 Å². The van der Waals surface area contributed by atoms with Crippen molar-refractivity contribution in [3.05, 3.63) is 135 Å². The Morgan fingerprint density at radius 1 is 1.00 bits per heavy atom. The van der Waals surface area contributed by atoms with Crippen LogP contribution in [0.5, 0.6) is 5.75 Å². The molecule has 324 valence electrons. The summed E-state index contributed by atoms with van der Waals surface area (Å²) in [5, 5.41) is 17.9. The van der Waals surface area contributed by atoms with E-state index in [0.717, 1.165) is 71.2 Å². The molecule has 3 saturated heterocycles. The molecule has 3 fully saturated rings. The Bertz CT molecular complexity index is 2710. The third-order valence-electron chi connectivity index (χ3n) is 12.9. The van der Waals surface area contributed by atoms with Gasteiger partial charge < -0.3 is 29.0 Å². The lowest BCUT2D eigenvalue weighted by molar-refractivity contribution is -0.0289. The van der Waals surface area contributed by atoms with Gasteiger partial charge in [0.2, 0.25) is 5.56 Å². The molecule has 2 atom stereocenters. The Kier molecular flexibility index (Phi) is 12.4. The zero-order chi connectivity index (χ0) is 43.6. The quantitative estimate of drug-likeness (QED) is 0.0786. The van der Waals surface area contributed by atoms with Crippen LogP contribution in [0.25, 0.3) is 39.2 Å². The number of rotatable bonds is 14. The number of carbonyl (C=O) groups is 1. The summed E-state index contributed by atoms with van der Waals surface area (Å²) in [7, 11) is -2.25. The van der Waals surface area contributed by atoms with Crippen LogP contribution in [0.4, 0.5) is 10.5 Å². The van der Waals surface area contributed by atoms with Gasteiger partial charge in [0, 0.05) is 43.2 Å². The molecule has 0 saturated carbocycles. The monoisotopic (exact) mass is 855 g/mol. The number of allylic oxidation sites excluding steroid dienone is 1. The Labute approximate surface area is 362 Å². The minimum absolute atomic E-state index is 0.00766. The summed E-state index contributed by atoms with van der Waals surface area (Å²) >= 11 is 0. The Morgan fingerprint density at radius 3 is 2.53 bits per heavy atom. The van der Waals surface area contributed by atoms with Crippen molar-refractivity contribution >= 4 is 48.2 Å². The summed E-state index contributed by atoms with van der Waals surface area (Å²) in [6, 6.07) is 28.4. The number of nitrogens with zero attached hydrogens (tertiary/aromatic N) is 2. The number of oxazole rings is 1. The van der Waals surface area contributed by atoms with Crippen LogP contribution in [0.2, 0.25) is 18.1 Å². The second-order valence-corrected chi connectivity index (χ2v) is 22.9. The molecule has 13 heteroatoms. The van der Waals surface area contributed by atoms with Gasteiger partial charge in [-0.3, -0.25) is 19.6 Å². The number of pyridine rings is 1. The first-order chi connectivity index (χ1) is 29.7. The number of ether oxygens (including phenoxy) is 1. The standard InChI is InChI=1S/C49H57N5O7Si/c1-49(2,3)62(4,5)61-43(37-17-20-41(55)46-38(37)18-21-45(56)52-46)30-50-29-33-15-19-40-42(28-33)60-48(58)54(40)24-10-9-11-32-14-16-36(34-12-7-6-8-13-34)39(27-32)51-47(57)59-44-31-53-25-22-35(44)23-26-53/h6-9,11-21,27-28,35,43-44,50,55H,10,22-26,29-31H2,1-5H3,(H,51,57)(H,52,56)/b11-9+/t43-,44-/m0/s1. The van der Waals surface area contributed by atoms with Crippen LogP contribution in [0.3, 0.4) is 0 Å². The lowest BCUT2D eigenvalue weighted by Crippen LogP contribution is -2.52. The van der Waals surface area contributed by atoms with E-state index in [9.17, 15) is 19.5 Å². The maximum Gasteiger partial charge on any atom is 0.419 e. The molecule has 3 aliphatic rings. The zero-order valence-corrected chi connectivity index (χ0v) is 37.2. The van der Waals surface area contributed by atoms with Gasteiger partial charge in [-0.15, -0.1) is 0 Å². The van der Waals surface area contributed by atoms with E-state index in [0.29, 0.717) is 48.8 Å². The van der Waals surface area contributed by atoms with Gasteiger partial charge in [-0.25, -0.2) is 9.59 Å². The van der Waals surface area contributed by atoms with Crippen molar-refractivity contribution in [3.63, 3.8) is 0 Å². The minimum Gasteiger partial charge on any atom is -0.506 e. The zero-order valence-electron chi connectivity index (χ0n) is 36.2. The number of anilines is 1. The number of fused-ring (bicyclic) bond motifs is 5. The molecule has 62 heavy (non-hydrogen) atoms. The maximum absolute atomic E-state index is 13.2. The summed E-state index contributed by atoms with van der Waals surface area (Å²) in [6.07, 6.45) is 5.84. The highest BCUT2D eigenvalue weighted by Crippen LogP contribution is 2.41. The molecule has 0 spiro atoms.